The van der Waals surface area contributed by atoms with Crippen LogP contribution >= 0.6 is 0 Å². The molecule has 0 spiro atoms. The van der Waals surface area contributed by atoms with Gasteiger partial charge in [0.25, 0.3) is 5.91 Å². The van der Waals surface area contributed by atoms with Crippen LogP contribution in [0.2, 0.25) is 0 Å². The van der Waals surface area contributed by atoms with Crippen molar-refractivity contribution in [1.82, 2.24) is 10.3 Å². The van der Waals surface area contributed by atoms with Crippen LogP contribution in [0.3, 0.4) is 0 Å². The fourth-order valence-electron chi connectivity index (χ4n) is 2.43. The third kappa shape index (κ3) is 2.97. The molecule has 1 aromatic heterocycles. The van der Waals surface area contributed by atoms with Gasteiger partial charge in [0.1, 0.15) is 0 Å². The Balaban J connectivity index is 1.62. The molecule has 3 heteroatoms. The molecule has 0 aliphatic rings. The van der Waals surface area contributed by atoms with Crippen LogP contribution in [0.25, 0.3) is 10.9 Å². The molecule has 0 fully saturated rings. The molecule has 0 aliphatic heterocycles. The summed E-state index contributed by atoms with van der Waals surface area (Å²) in [6, 6.07) is 15.1. The van der Waals surface area contributed by atoms with Crippen molar-refractivity contribution in [2.75, 3.05) is 6.54 Å². The maximum Gasteiger partial charge on any atom is 0.251 e. The molecule has 3 aromatic rings. The molecular weight excluding hydrogens is 260 g/mol. The minimum atomic E-state index is -0.0952. The lowest BCUT2D eigenvalue weighted by Crippen LogP contribution is -2.25. The van der Waals surface area contributed by atoms with Crippen LogP contribution in [-0.4, -0.2) is 17.4 Å². The first-order chi connectivity index (χ1) is 10.2. The minimum Gasteiger partial charge on any atom is -0.361 e. The number of fused-ring (bicyclic) bond motifs is 1. The van der Waals surface area contributed by atoms with Gasteiger partial charge in [-0.25, -0.2) is 0 Å². The Morgan fingerprint density at radius 2 is 2.00 bits per heavy atom. The van der Waals surface area contributed by atoms with Crippen molar-refractivity contribution in [1.29, 1.82) is 0 Å². The number of rotatable bonds is 4. The molecule has 3 nitrogen and oxygen atoms in total. The number of para-hydroxylation sites is 1. The molecule has 1 amide bonds. The van der Waals surface area contributed by atoms with Crippen LogP contribution in [-0.2, 0) is 6.42 Å². The molecule has 104 valence electrons. The van der Waals surface area contributed by atoms with E-state index in [0.717, 1.165) is 11.9 Å². The number of hydrogen-bond acceptors (Lipinski definition) is 1. The second-order valence-corrected chi connectivity index (χ2v) is 4.99. The number of aromatic nitrogens is 1. The SMILES string of the molecule is [CH]c1cccc(C(=O)NCCc2c[nH]c3ccccc23)c1. The zero-order valence-electron chi connectivity index (χ0n) is 11.6. The van der Waals surface area contributed by atoms with E-state index in [9.17, 15) is 4.79 Å². The monoisotopic (exact) mass is 276 g/mol. The van der Waals surface area contributed by atoms with Crippen LogP contribution < -0.4 is 5.32 Å². The Morgan fingerprint density at radius 3 is 2.86 bits per heavy atom. The molecule has 2 radical (unpaired) electrons. The van der Waals surface area contributed by atoms with E-state index in [1.54, 1.807) is 24.3 Å². The minimum absolute atomic E-state index is 0.0952. The zero-order chi connectivity index (χ0) is 14.7. The number of benzene rings is 2. The molecule has 2 aromatic carbocycles. The molecule has 0 saturated heterocycles. The first-order valence-corrected chi connectivity index (χ1v) is 6.93. The standard InChI is InChI=1S/C18H16N2O/c1-13-5-4-6-14(11-13)18(21)19-10-9-15-12-20-17-8-3-2-7-16(15)17/h1-8,11-12,20H,9-10H2,(H,19,21). The van der Waals surface area contributed by atoms with Gasteiger partial charge < -0.3 is 10.3 Å². The van der Waals surface area contributed by atoms with Crippen LogP contribution in [0.1, 0.15) is 21.5 Å². The van der Waals surface area contributed by atoms with Crippen molar-refractivity contribution < 1.29 is 4.79 Å². The summed E-state index contributed by atoms with van der Waals surface area (Å²) < 4.78 is 0. The van der Waals surface area contributed by atoms with E-state index in [1.165, 1.54) is 10.9 Å². The summed E-state index contributed by atoms with van der Waals surface area (Å²) in [6.45, 7) is 6.27. The zero-order valence-corrected chi connectivity index (χ0v) is 11.6. The first-order valence-electron chi connectivity index (χ1n) is 6.93. The summed E-state index contributed by atoms with van der Waals surface area (Å²) in [5.74, 6) is -0.0952. The number of hydrogen-bond donors (Lipinski definition) is 2. The summed E-state index contributed by atoms with van der Waals surface area (Å²) in [6.07, 6.45) is 2.79. The third-order valence-corrected chi connectivity index (χ3v) is 3.50. The van der Waals surface area contributed by atoms with Crippen molar-refractivity contribution in [3.8, 4) is 0 Å². The predicted molar refractivity (Wildman–Crippen MR) is 84.2 cm³/mol. The molecule has 2 N–H and O–H groups in total. The number of aromatic amines is 1. The Morgan fingerprint density at radius 1 is 1.14 bits per heavy atom. The maximum absolute atomic E-state index is 12.0. The second-order valence-electron chi connectivity index (χ2n) is 4.99. The van der Waals surface area contributed by atoms with Crippen molar-refractivity contribution in [2.45, 2.75) is 6.42 Å². The van der Waals surface area contributed by atoms with E-state index in [0.29, 0.717) is 17.7 Å². The van der Waals surface area contributed by atoms with Gasteiger partial charge in [-0.05, 0) is 42.7 Å². The van der Waals surface area contributed by atoms with Crippen LogP contribution in [0, 0.1) is 6.92 Å². The van der Waals surface area contributed by atoms with Crippen molar-refractivity contribution in [2.24, 2.45) is 0 Å². The summed E-state index contributed by atoms with van der Waals surface area (Å²) in [5, 5.41) is 4.13. The van der Waals surface area contributed by atoms with Crippen LogP contribution in [0.5, 0.6) is 0 Å². The molecular formula is C18H16N2O. The maximum atomic E-state index is 12.0. The predicted octanol–water partition coefficient (Wildman–Crippen LogP) is 3.20. The summed E-state index contributed by atoms with van der Waals surface area (Å²) >= 11 is 0. The molecule has 0 bridgehead atoms. The van der Waals surface area contributed by atoms with E-state index in [1.807, 2.05) is 24.4 Å². The van der Waals surface area contributed by atoms with Crippen molar-refractivity contribution in [3.05, 3.63) is 78.3 Å². The largest absolute Gasteiger partial charge is 0.361 e. The quantitative estimate of drug-likeness (QED) is 0.755. The Bertz CT molecular complexity index is 773. The molecule has 0 saturated carbocycles. The van der Waals surface area contributed by atoms with Gasteiger partial charge in [-0.1, -0.05) is 30.3 Å². The molecule has 3 rings (SSSR count). The van der Waals surface area contributed by atoms with E-state index in [-0.39, 0.29) is 5.91 Å². The fourth-order valence-corrected chi connectivity index (χ4v) is 2.43. The number of H-pyrrole nitrogens is 1. The van der Waals surface area contributed by atoms with Gasteiger partial charge in [0.05, 0.1) is 0 Å². The third-order valence-electron chi connectivity index (χ3n) is 3.50. The van der Waals surface area contributed by atoms with Gasteiger partial charge in [-0.2, -0.15) is 0 Å². The lowest BCUT2D eigenvalue weighted by atomic mass is 10.1. The Hall–Kier alpha value is -2.55. The summed E-state index contributed by atoms with van der Waals surface area (Å²) in [5.41, 5.74) is 3.52. The lowest BCUT2D eigenvalue weighted by Gasteiger charge is -2.05. The highest BCUT2D eigenvalue weighted by Gasteiger charge is 2.06. The number of carbonyl (C=O) groups excluding carboxylic acids is 1. The molecule has 0 unspecified atom stereocenters. The van der Waals surface area contributed by atoms with Gasteiger partial charge in [0.15, 0.2) is 0 Å². The Labute approximate surface area is 124 Å². The average molecular weight is 276 g/mol. The molecule has 0 aliphatic carbocycles. The molecule has 21 heavy (non-hydrogen) atoms. The van der Waals surface area contributed by atoms with Crippen molar-refractivity contribution >= 4 is 16.8 Å². The van der Waals surface area contributed by atoms with Gasteiger partial charge in [-0.3, -0.25) is 4.79 Å². The number of amides is 1. The van der Waals surface area contributed by atoms with E-state index in [2.05, 4.69) is 16.4 Å². The Kier molecular flexibility index (Phi) is 3.73. The lowest BCUT2D eigenvalue weighted by molar-refractivity contribution is 0.0954. The van der Waals surface area contributed by atoms with Gasteiger partial charge in [-0.15, -0.1) is 0 Å². The molecule has 0 atom stereocenters. The van der Waals surface area contributed by atoms with Gasteiger partial charge in [0.2, 0.25) is 0 Å². The van der Waals surface area contributed by atoms with Gasteiger partial charge >= 0.3 is 0 Å². The topological polar surface area (TPSA) is 44.9 Å². The molecule has 1 heterocycles. The summed E-state index contributed by atoms with van der Waals surface area (Å²) in [7, 11) is 0. The average Bonchev–Trinajstić information content (AvgIpc) is 2.91. The highest BCUT2D eigenvalue weighted by Crippen LogP contribution is 2.17. The van der Waals surface area contributed by atoms with E-state index < -0.39 is 0 Å². The first kappa shape index (κ1) is 13.4. The normalized spacial score (nSPS) is 10.7. The highest BCUT2D eigenvalue weighted by molar-refractivity contribution is 5.94. The number of nitrogens with one attached hydrogen (secondary N) is 2. The summed E-state index contributed by atoms with van der Waals surface area (Å²) in [4.78, 5) is 15.3. The highest BCUT2D eigenvalue weighted by atomic mass is 16.1. The van der Waals surface area contributed by atoms with Gasteiger partial charge in [0, 0.05) is 29.2 Å². The number of carbonyl (C=O) groups is 1. The van der Waals surface area contributed by atoms with Crippen molar-refractivity contribution in [3.63, 3.8) is 0 Å². The van der Waals surface area contributed by atoms with E-state index >= 15 is 0 Å². The van der Waals surface area contributed by atoms with Crippen LogP contribution in [0.15, 0.2) is 54.7 Å². The van der Waals surface area contributed by atoms with E-state index in [4.69, 9.17) is 6.92 Å². The van der Waals surface area contributed by atoms with Crippen LogP contribution in [0.4, 0.5) is 0 Å². The fraction of sp³-hybridized carbons (Fsp3) is 0.111. The second kappa shape index (κ2) is 5.83. The smallest absolute Gasteiger partial charge is 0.251 e.